The van der Waals surface area contributed by atoms with E-state index in [1.165, 1.54) is 40.8 Å². The van der Waals surface area contributed by atoms with E-state index in [1.807, 2.05) is 16.7 Å². The number of nitrogens with zero attached hydrogens (tertiary/aromatic N) is 3. The lowest BCUT2D eigenvalue weighted by atomic mass is 9.97. The molecule has 1 aliphatic rings. The molecular formula is C19H14FN3S3. The van der Waals surface area contributed by atoms with Gasteiger partial charge in [-0.2, -0.15) is 0 Å². The number of thiazole rings is 1. The fourth-order valence-corrected chi connectivity index (χ4v) is 6.43. The van der Waals surface area contributed by atoms with Crippen molar-refractivity contribution in [3.05, 3.63) is 52.2 Å². The number of halogens is 1. The zero-order valence-electron chi connectivity index (χ0n) is 13.7. The second-order valence-corrected chi connectivity index (χ2v) is 9.36. The van der Waals surface area contributed by atoms with Gasteiger partial charge in [-0.05, 0) is 67.3 Å². The average molecular weight is 400 g/mol. The number of hydrogen-bond donors (Lipinski definition) is 0. The van der Waals surface area contributed by atoms with E-state index < -0.39 is 0 Å². The summed E-state index contributed by atoms with van der Waals surface area (Å²) in [4.78, 5) is 16.3. The van der Waals surface area contributed by atoms with Crippen LogP contribution in [0.4, 0.5) is 4.39 Å². The van der Waals surface area contributed by atoms with Crippen LogP contribution in [0, 0.1) is 5.82 Å². The van der Waals surface area contributed by atoms with Gasteiger partial charge in [0, 0.05) is 21.2 Å². The summed E-state index contributed by atoms with van der Waals surface area (Å²) in [5.41, 5.74) is 3.24. The molecule has 0 bridgehead atoms. The van der Waals surface area contributed by atoms with Crippen LogP contribution in [0.15, 0.2) is 45.3 Å². The second kappa shape index (κ2) is 6.72. The van der Waals surface area contributed by atoms with E-state index in [0.717, 1.165) is 38.3 Å². The molecule has 0 fully saturated rings. The van der Waals surface area contributed by atoms with Gasteiger partial charge in [-0.1, -0.05) is 0 Å². The lowest BCUT2D eigenvalue weighted by Crippen LogP contribution is -1.98. The molecule has 0 atom stereocenters. The van der Waals surface area contributed by atoms with Crippen LogP contribution in [0.5, 0.6) is 0 Å². The van der Waals surface area contributed by atoms with E-state index in [1.54, 1.807) is 41.6 Å². The number of rotatable bonds is 3. The Bertz CT molecular complexity index is 1090. The third-order valence-corrected chi connectivity index (χ3v) is 7.66. The summed E-state index contributed by atoms with van der Waals surface area (Å²) in [5, 5.41) is 4.22. The smallest absolute Gasteiger partial charge is 0.156 e. The highest BCUT2D eigenvalue weighted by molar-refractivity contribution is 8.01. The molecule has 0 saturated carbocycles. The van der Waals surface area contributed by atoms with E-state index >= 15 is 0 Å². The molecule has 0 spiro atoms. The van der Waals surface area contributed by atoms with Gasteiger partial charge in [0.15, 0.2) is 4.34 Å². The molecule has 4 aromatic rings. The van der Waals surface area contributed by atoms with Crippen molar-refractivity contribution in [2.24, 2.45) is 0 Å². The fourth-order valence-electron chi connectivity index (χ4n) is 3.28. The summed E-state index contributed by atoms with van der Waals surface area (Å²) in [6.07, 6.45) is 6.44. The molecule has 1 aromatic carbocycles. The van der Waals surface area contributed by atoms with Crippen LogP contribution in [-0.4, -0.2) is 15.0 Å². The third-order valence-electron chi connectivity index (χ3n) is 4.52. The summed E-state index contributed by atoms with van der Waals surface area (Å²) in [6, 6.07) is 6.45. The van der Waals surface area contributed by atoms with Gasteiger partial charge in [0.2, 0.25) is 0 Å². The Morgan fingerprint density at radius 1 is 1.04 bits per heavy atom. The monoisotopic (exact) mass is 399 g/mol. The van der Waals surface area contributed by atoms with E-state index in [4.69, 9.17) is 4.98 Å². The first-order valence-electron chi connectivity index (χ1n) is 8.42. The maximum atomic E-state index is 13.1. The van der Waals surface area contributed by atoms with Crippen LogP contribution in [0.2, 0.25) is 0 Å². The highest BCUT2D eigenvalue weighted by atomic mass is 32.2. The molecule has 0 N–H and O–H groups in total. The van der Waals surface area contributed by atoms with Gasteiger partial charge in [0.25, 0.3) is 0 Å². The number of benzene rings is 1. The number of aryl methyl sites for hydroxylation is 2. The SMILES string of the molecule is Fc1ccc(-c2csc(Sc3ncnc4sc5c(c34)CCCC5)n2)cc1. The molecule has 26 heavy (non-hydrogen) atoms. The molecule has 0 radical (unpaired) electrons. The normalized spacial score (nSPS) is 13.9. The molecule has 1 aliphatic carbocycles. The molecule has 3 aromatic heterocycles. The summed E-state index contributed by atoms with van der Waals surface area (Å²) in [6.45, 7) is 0. The van der Waals surface area contributed by atoms with Crippen molar-refractivity contribution in [3.8, 4) is 11.3 Å². The van der Waals surface area contributed by atoms with Crippen molar-refractivity contribution in [1.82, 2.24) is 15.0 Å². The molecule has 7 heteroatoms. The fraction of sp³-hybridized carbons (Fsp3) is 0.211. The second-order valence-electron chi connectivity index (χ2n) is 6.18. The maximum Gasteiger partial charge on any atom is 0.156 e. The molecule has 0 aliphatic heterocycles. The Kier molecular flexibility index (Phi) is 4.23. The van der Waals surface area contributed by atoms with Gasteiger partial charge in [-0.15, -0.1) is 22.7 Å². The quantitative estimate of drug-likeness (QED) is 0.397. The first-order chi connectivity index (χ1) is 12.8. The molecule has 0 saturated heterocycles. The molecule has 130 valence electrons. The first kappa shape index (κ1) is 16.4. The number of thiophene rings is 1. The lowest BCUT2D eigenvalue weighted by molar-refractivity contribution is 0.628. The number of fused-ring (bicyclic) bond motifs is 3. The van der Waals surface area contributed by atoms with Crippen LogP contribution in [0.3, 0.4) is 0 Å². The Balaban J connectivity index is 1.50. The van der Waals surface area contributed by atoms with Gasteiger partial charge in [-0.3, -0.25) is 0 Å². The van der Waals surface area contributed by atoms with Crippen molar-refractivity contribution in [3.63, 3.8) is 0 Å². The summed E-state index contributed by atoms with van der Waals surface area (Å²) < 4.78 is 14.1. The summed E-state index contributed by atoms with van der Waals surface area (Å²) in [5.74, 6) is -0.232. The van der Waals surface area contributed by atoms with Crippen LogP contribution < -0.4 is 0 Å². The zero-order valence-corrected chi connectivity index (χ0v) is 16.2. The van der Waals surface area contributed by atoms with Crippen LogP contribution in [0.1, 0.15) is 23.3 Å². The predicted molar refractivity (Wildman–Crippen MR) is 106 cm³/mol. The van der Waals surface area contributed by atoms with E-state index in [2.05, 4.69) is 9.97 Å². The largest absolute Gasteiger partial charge is 0.229 e. The lowest BCUT2D eigenvalue weighted by Gasteiger charge is -2.11. The molecule has 5 rings (SSSR count). The third kappa shape index (κ3) is 2.94. The number of aromatic nitrogens is 3. The highest BCUT2D eigenvalue weighted by Gasteiger charge is 2.21. The van der Waals surface area contributed by atoms with Crippen molar-refractivity contribution in [2.45, 2.75) is 35.0 Å². The van der Waals surface area contributed by atoms with Crippen molar-refractivity contribution < 1.29 is 4.39 Å². The van der Waals surface area contributed by atoms with Gasteiger partial charge in [0.1, 0.15) is 22.0 Å². The molecule has 0 unspecified atom stereocenters. The summed E-state index contributed by atoms with van der Waals surface area (Å²) in [7, 11) is 0. The van der Waals surface area contributed by atoms with E-state index in [-0.39, 0.29) is 5.82 Å². The summed E-state index contributed by atoms with van der Waals surface area (Å²) >= 11 is 5.01. The van der Waals surface area contributed by atoms with Gasteiger partial charge >= 0.3 is 0 Å². The molecule has 3 nitrogen and oxygen atoms in total. The highest BCUT2D eigenvalue weighted by Crippen LogP contribution is 2.42. The maximum absolute atomic E-state index is 13.1. The Labute approximate surface area is 162 Å². The predicted octanol–water partition coefficient (Wildman–Crippen LogP) is 5.98. The Hall–Kier alpha value is -1.83. The minimum absolute atomic E-state index is 0.232. The van der Waals surface area contributed by atoms with E-state index in [9.17, 15) is 4.39 Å². The zero-order chi connectivity index (χ0) is 17.5. The van der Waals surface area contributed by atoms with E-state index in [0.29, 0.717) is 0 Å². The Morgan fingerprint density at radius 2 is 1.88 bits per heavy atom. The van der Waals surface area contributed by atoms with Gasteiger partial charge in [-0.25, -0.2) is 19.3 Å². The van der Waals surface area contributed by atoms with Crippen LogP contribution in [0.25, 0.3) is 21.5 Å². The first-order valence-corrected chi connectivity index (χ1v) is 10.9. The minimum atomic E-state index is -0.232. The Morgan fingerprint density at radius 3 is 2.77 bits per heavy atom. The van der Waals surface area contributed by atoms with Crippen LogP contribution >= 0.6 is 34.4 Å². The topological polar surface area (TPSA) is 38.7 Å². The van der Waals surface area contributed by atoms with Crippen molar-refractivity contribution >= 4 is 44.7 Å². The van der Waals surface area contributed by atoms with Crippen molar-refractivity contribution in [2.75, 3.05) is 0 Å². The standard InChI is InChI=1S/C19H14FN3S3/c20-12-7-5-11(6-8-12)14-9-24-19(23-14)26-18-16-13-3-1-2-4-15(13)25-17(16)21-10-22-18/h5-10H,1-4H2. The average Bonchev–Trinajstić information content (AvgIpc) is 3.27. The van der Waals surface area contributed by atoms with Gasteiger partial charge in [0.05, 0.1) is 5.69 Å². The van der Waals surface area contributed by atoms with Crippen molar-refractivity contribution in [1.29, 1.82) is 0 Å². The molecule has 3 heterocycles. The number of hydrogen-bond acceptors (Lipinski definition) is 6. The minimum Gasteiger partial charge on any atom is -0.229 e. The van der Waals surface area contributed by atoms with Gasteiger partial charge < -0.3 is 0 Å². The van der Waals surface area contributed by atoms with Crippen LogP contribution in [-0.2, 0) is 12.8 Å². The molecule has 0 amide bonds. The molecular weight excluding hydrogens is 385 g/mol.